The highest BCUT2D eigenvalue weighted by Crippen LogP contribution is 2.27. The minimum Gasteiger partial charge on any atom is -0.492 e. The van der Waals surface area contributed by atoms with E-state index in [1.807, 2.05) is 36.0 Å². The second-order valence-electron chi connectivity index (χ2n) is 4.70. The molecular weight excluding hydrogens is 274 g/mol. The Morgan fingerprint density at radius 3 is 2.95 bits per heavy atom. The fourth-order valence-electron chi connectivity index (χ4n) is 1.92. The second-order valence-corrected chi connectivity index (χ2v) is 5.11. The minimum atomic E-state index is 0.280. The summed E-state index contributed by atoms with van der Waals surface area (Å²) < 4.78 is 7.75. The molecular formula is C15H20ClN3O. The first kappa shape index (κ1) is 14.9. The first-order valence-corrected chi connectivity index (χ1v) is 7.13. The smallest absolute Gasteiger partial charge is 0.137 e. The van der Waals surface area contributed by atoms with Gasteiger partial charge in [-0.3, -0.25) is 0 Å². The topological polar surface area (TPSA) is 39.1 Å². The molecule has 1 aromatic carbocycles. The lowest BCUT2D eigenvalue weighted by atomic mass is 10.1. The summed E-state index contributed by atoms with van der Waals surface area (Å²) in [6.45, 7) is 3.63. The molecule has 0 spiro atoms. The largest absolute Gasteiger partial charge is 0.492 e. The summed E-state index contributed by atoms with van der Waals surface area (Å²) in [6.07, 6.45) is 6.45. The molecule has 0 amide bonds. The minimum absolute atomic E-state index is 0.280. The second kappa shape index (κ2) is 7.31. The summed E-state index contributed by atoms with van der Waals surface area (Å²) in [5.74, 6) is 0.740. The van der Waals surface area contributed by atoms with Crippen LogP contribution in [0.15, 0.2) is 36.9 Å². The average molecular weight is 294 g/mol. The molecule has 2 aromatic rings. The molecule has 0 fully saturated rings. The highest BCUT2D eigenvalue weighted by molar-refractivity contribution is 6.32. The molecule has 20 heavy (non-hydrogen) atoms. The zero-order valence-corrected chi connectivity index (χ0v) is 12.6. The van der Waals surface area contributed by atoms with Crippen molar-refractivity contribution >= 4 is 11.6 Å². The summed E-state index contributed by atoms with van der Waals surface area (Å²) in [6, 6.07) is 6.21. The Labute approximate surface area is 124 Å². The highest BCUT2D eigenvalue weighted by Gasteiger charge is 2.07. The van der Waals surface area contributed by atoms with Crippen LogP contribution < -0.4 is 10.1 Å². The quantitative estimate of drug-likeness (QED) is 0.796. The number of hydrogen-bond acceptors (Lipinski definition) is 3. The molecule has 0 saturated carbocycles. The van der Waals surface area contributed by atoms with Gasteiger partial charge in [0.15, 0.2) is 0 Å². The number of nitrogens with one attached hydrogen (secondary N) is 1. The predicted octanol–water partition coefficient (Wildman–Crippen LogP) is 3.29. The van der Waals surface area contributed by atoms with Crippen LogP contribution in [0.25, 0.3) is 0 Å². The zero-order valence-electron chi connectivity index (χ0n) is 11.8. The van der Waals surface area contributed by atoms with E-state index in [0.29, 0.717) is 11.6 Å². The van der Waals surface area contributed by atoms with Gasteiger partial charge in [-0.1, -0.05) is 17.7 Å². The van der Waals surface area contributed by atoms with Gasteiger partial charge in [0.05, 0.1) is 18.0 Å². The average Bonchev–Trinajstić information content (AvgIpc) is 2.97. The Bertz CT molecular complexity index is 528. The van der Waals surface area contributed by atoms with E-state index < -0.39 is 0 Å². The van der Waals surface area contributed by atoms with Gasteiger partial charge in [0.1, 0.15) is 5.75 Å². The number of ether oxygens (including phenoxy) is 1. The Morgan fingerprint density at radius 2 is 2.30 bits per heavy atom. The van der Waals surface area contributed by atoms with E-state index in [4.69, 9.17) is 16.3 Å². The summed E-state index contributed by atoms with van der Waals surface area (Å²) in [5.41, 5.74) is 1.16. The molecule has 1 heterocycles. The van der Waals surface area contributed by atoms with Crippen molar-refractivity contribution in [2.75, 3.05) is 13.7 Å². The Hall–Kier alpha value is -1.52. The number of rotatable bonds is 7. The lowest BCUT2D eigenvalue weighted by molar-refractivity contribution is 0.302. The van der Waals surface area contributed by atoms with Crippen molar-refractivity contribution in [3.05, 3.63) is 47.5 Å². The third-order valence-electron chi connectivity index (χ3n) is 3.27. The van der Waals surface area contributed by atoms with Gasteiger partial charge in [-0.05, 0) is 38.1 Å². The lowest BCUT2D eigenvalue weighted by Gasteiger charge is -2.13. The summed E-state index contributed by atoms with van der Waals surface area (Å²) >= 11 is 6.24. The maximum atomic E-state index is 6.24. The maximum Gasteiger partial charge on any atom is 0.137 e. The predicted molar refractivity (Wildman–Crippen MR) is 81.3 cm³/mol. The highest BCUT2D eigenvalue weighted by atomic mass is 35.5. The van der Waals surface area contributed by atoms with E-state index in [1.165, 1.54) is 0 Å². The number of halogens is 1. The van der Waals surface area contributed by atoms with Crippen LogP contribution in [0, 0.1) is 0 Å². The Balaban J connectivity index is 1.83. The number of benzene rings is 1. The van der Waals surface area contributed by atoms with Crippen LogP contribution in [0.5, 0.6) is 5.75 Å². The third-order valence-corrected chi connectivity index (χ3v) is 3.56. The Morgan fingerprint density at radius 1 is 1.45 bits per heavy atom. The van der Waals surface area contributed by atoms with Gasteiger partial charge in [0.25, 0.3) is 0 Å². The van der Waals surface area contributed by atoms with Gasteiger partial charge >= 0.3 is 0 Å². The molecule has 108 valence electrons. The van der Waals surface area contributed by atoms with Gasteiger partial charge in [0.2, 0.25) is 0 Å². The van der Waals surface area contributed by atoms with Gasteiger partial charge in [0, 0.05) is 25.0 Å². The van der Waals surface area contributed by atoms with E-state index >= 15 is 0 Å². The van der Waals surface area contributed by atoms with E-state index in [1.54, 1.807) is 12.5 Å². The van der Waals surface area contributed by atoms with Crippen molar-refractivity contribution in [3.63, 3.8) is 0 Å². The first-order valence-electron chi connectivity index (χ1n) is 6.76. The molecule has 4 nitrogen and oxygen atoms in total. The molecule has 1 atom stereocenters. The van der Waals surface area contributed by atoms with Crippen molar-refractivity contribution < 1.29 is 4.74 Å². The fourth-order valence-corrected chi connectivity index (χ4v) is 2.16. The zero-order chi connectivity index (χ0) is 14.4. The molecule has 1 aromatic heterocycles. The van der Waals surface area contributed by atoms with Crippen molar-refractivity contribution in [2.45, 2.75) is 25.9 Å². The van der Waals surface area contributed by atoms with Crippen molar-refractivity contribution in [1.82, 2.24) is 14.9 Å². The van der Waals surface area contributed by atoms with E-state index in [9.17, 15) is 0 Å². The third kappa shape index (κ3) is 3.99. The van der Waals surface area contributed by atoms with Crippen LogP contribution in [0.4, 0.5) is 0 Å². The number of imidazole rings is 1. The van der Waals surface area contributed by atoms with Gasteiger partial charge < -0.3 is 14.6 Å². The van der Waals surface area contributed by atoms with E-state index in [2.05, 4.69) is 17.2 Å². The molecule has 1 unspecified atom stereocenters. The summed E-state index contributed by atoms with van der Waals surface area (Å²) in [5, 5.41) is 3.85. The van der Waals surface area contributed by atoms with Crippen molar-refractivity contribution in [2.24, 2.45) is 0 Å². The van der Waals surface area contributed by atoms with Crippen LogP contribution in [-0.2, 0) is 6.54 Å². The normalized spacial score (nSPS) is 12.3. The summed E-state index contributed by atoms with van der Waals surface area (Å²) in [4.78, 5) is 4.00. The molecule has 5 heteroatoms. The number of aromatic nitrogens is 2. The molecule has 0 bridgehead atoms. The van der Waals surface area contributed by atoms with Crippen LogP contribution >= 0.6 is 11.6 Å². The summed E-state index contributed by atoms with van der Waals surface area (Å²) in [7, 11) is 1.93. The van der Waals surface area contributed by atoms with E-state index in [-0.39, 0.29) is 6.04 Å². The van der Waals surface area contributed by atoms with Crippen molar-refractivity contribution in [3.8, 4) is 5.75 Å². The molecule has 1 N–H and O–H groups in total. The van der Waals surface area contributed by atoms with Crippen LogP contribution in [0.3, 0.4) is 0 Å². The lowest BCUT2D eigenvalue weighted by Crippen LogP contribution is -2.12. The molecule has 0 aliphatic rings. The van der Waals surface area contributed by atoms with Crippen LogP contribution in [0.2, 0.25) is 5.02 Å². The van der Waals surface area contributed by atoms with Crippen molar-refractivity contribution in [1.29, 1.82) is 0 Å². The maximum absolute atomic E-state index is 6.24. The van der Waals surface area contributed by atoms with Gasteiger partial charge in [-0.2, -0.15) is 0 Å². The molecule has 0 aliphatic heterocycles. The van der Waals surface area contributed by atoms with Crippen LogP contribution in [-0.4, -0.2) is 23.2 Å². The molecule has 0 aliphatic carbocycles. The number of aryl methyl sites for hydroxylation is 1. The molecule has 0 saturated heterocycles. The fraction of sp³-hybridized carbons (Fsp3) is 0.400. The number of hydrogen-bond donors (Lipinski definition) is 1. The van der Waals surface area contributed by atoms with Gasteiger partial charge in [-0.15, -0.1) is 0 Å². The molecule has 0 radical (unpaired) electrons. The Kier molecular flexibility index (Phi) is 5.44. The molecule has 2 rings (SSSR count). The van der Waals surface area contributed by atoms with Gasteiger partial charge in [-0.25, -0.2) is 4.98 Å². The SMILES string of the molecule is CNC(C)c1ccc(OCCCn2ccnc2)c(Cl)c1. The standard InChI is InChI=1S/C15H20ClN3O/c1-12(17-2)13-4-5-15(14(16)10-13)20-9-3-7-19-8-6-18-11-19/h4-6,8,10-12,17H,3,7,9H2,1-2H3. The number of nitrogens with zero attached hydrogens (tertiary/aromatic N) is 2. The monoisotopic (exact) mass is 293 g/mol. The van der Waals surface area contributed by atoms with E-state index in [0.717, 1.165) is 24.3 Å². The van der Waals surface area contributed by atoms with Crippen LogP contribution in [0.1, 0.15) is 24.9 Å². The first-order chi connectivity index (χ1) is 9.70.